The lowest BCUT2D eigenvalue weighted by Gasteiger charge is -2.33. The van der Waals surface area contributed by atoms with E-state index in [4.69, 9.17) is 0 Å². The molecule has 6 N–H and O–H groups in total. The van der Waals surface area contributed by atoms with E-state index >= 15 is 0 Å². The largest absolute Gasteiger partial charge is 0.511 e. The molecule has 0 amide bonds. The van der Waals surface area contributed by atoms with E-state index in [1.165, 1.54) is 6.08 Å². The molecule has 4 aliphatic carbocycles. The van der Waals surface area contributed by atoms with E-state index in [1.54, 1.807) is 13.8 Å². The predicted octanol–water partition coefficient (Wildman–Crippen LogP) is 4.69. The summed E-state index contributed by atoms with van der Waals surface area (Å²) in [6, 6.07) is 3.97. The van der Waals surface area contributed by atoms with Gasteiger partial charge in [0.2, 0.25) is 0 Å². The number of rotatable bonds is 4. The molecule has 0 heterocycles. The lowest BCUT2D eigenvalue weighted by Crippen LogP contribution is -2.42. The second-order valence-electron chi connectivity index (χ2n) is 11.3. The summed E-state index contributed by atoms with van der Waals surface area (Å²) in [4.78, 5) is 72.0. The summed E-state index contributed by atoms with van der Waals surface area (Å²) in [5, 5.41) is 83.0. The third-order valence-corrected chi connectivity index (χ3v) is 8.79. The Hall–Kier alpha value is -6.32. The molecule has 2 aromatic carbocycles. The Bertz CT molecular complexity index is 2020. The van der Waals surface area contributed by atoms with Crippen molar-refractivity contribution in [2.24, 2.45) is 23.7 Å². The number of carbonyl (C=O) groups is 4. The lowest BCUT2D eigenvalue weighted by atomic mass is 9.68. The van der Waals surface area contributed by atoms with Gasteiger partial charge in [0.1, 0.15) is 51.9 Å². The minimum atomic E-state index is -1.65. The summed E-state index contributed by atoms with van der Waals surface area (Å²) in [7, 11) is 0. The Morgan fingerprint density at radius 3 is 1.44 bits per heavy atom. The minimum absolute atomic E-state index is 0.0725. The molecular weight excluding hydrogens is 636 g/mol. The van der Waals surface area contributed by atoms with E-state index in [1.807, 2.05) is 0 Å². The van der Waals surface area contributed by atoms with E-state index in [0.717, 1.165) is 30.3 Å². The zero-order chi connectivity index (χ0) is 35.5. The molecule has 16 heteroatoms. The molecule has 4 aliphatic rings. The number of nitro groups is 2. The Morgan fingerprint density at radius 1 is 0.562 bits per heavy atom. The molecule has 0 saturated carbocycles. The SMILES string of the molecule is CCC1=C(O)C2C(=O)c3c(O)ccc(O)c3C(=O)C2C(O)=C1.CCC1=C([N+](=O)[O-])C2C(=O)c3c(O)ccc([N+](=O)[O-])c3C(=O)C2C(O)=C1. The molecule has 0 aliphatic heterocycles. The monoisotopic (exact) mass is 662 g/mol. The summed E-state index contributed by atoms with van der Waals surface area (Å²) in [6.07, 6.45) is 2.81. The summed E-state index contributed by atoms with van der Waals surface area (Å²) >= 11 is 0. The van der Waals surface area contributed by atoms with Crippen molar-refractivity contribution < 1.29 is 59.7 Å². The van der Waals surface area contributed by atoms with Gasteiger partial charge in [-0.15, -0.1) is 0 Å². The molecule has 0 fully saturated rings. The number of aromatic hydroxyl groups is 3. The number of aliphatic hydroxyl groups excluding tert-OH is 3. The van der Waals surface area contributed by atoms with Crippen molar-refractivity contribution >= 4 is 28.8 Å². The maximum atomic E-state index is 12.9. The Kier molecular flexibility index (Phi) is 8.12. The van der Waals surface area contributed by atoms with Gasteiger partial charge in [-0.2, -0.15) is 0 Å². The molecule has 248 valence electrons. The zero-order valence-corrected chi connectivity index (χ0v) is 25.0. The highest BCUT2D eigenvalue weighted by atomic mass is 16.6. The molecule has 2 aromatic rings. The standard InChI is InChI=1S/C16H12N2O8.C16H14O6/c1-2-6-5-9(20)12-13(14(6)18(25)26)16(22)11-8(19)4-3-7(17(23)24)10(11)15(12)21;1-2-6-5-9(19)12-13(14(6)20)16(22)11-8(18)4-3-7(17)10(11)15(12)21/h3-5,12-13,19-20H,2H2,1H3;3-5,12-13,17-20H,2H2,1H3. The van der Waals surface area contributed by atoms with E-state index in [0.29, 0.717) is 12.0 Å². The minimum Gasteiger partial charge on any atom is -0.511 e. The summed E-state index contributed by atoms with van der Waals surface area (Å²) < 4.78 is 0. The Balaban J connectivity index is 0.000000190. The quantitative estimate of drug-likeness (QED) is 0.147. The fraction of sp³-hybridized carbons (Fsp3) is 0.250. The molecule has 16 nitrogen and oxygen atoms in total. The van der Waals surface area contributed by atoms with Crippen LogP contribution in [0.15, 0.2) is 70.5 Å². The van der Waals surface area contributed by atoms with Gasteiger partial charge in [0.15, 0.2) is 23.1 Å². The molecule has 0 radical (unpaired) electrons. The molecule has 6 rings (SSSR count). The third kappa shape index (κ3) is 4.76. The number of Topliss-reactive ketones (excluding diaryl/α,β-unsaturated/α-hetero) is 4. The van der Waals surface area contributed by atoms with Crippen molar-refractivity contribution in [3.8, 4) is 17.2 Å². The number of phenols is 3. The number of benzene rings is 2. The van der Waals surface area contributed by atoms with Gasteiger partial charge >= 0.3 is 0 Å². The Morgan fingerprint density at radius 2 is 0.958 bits per heavy atom. The van der Waals surface area contributed by atoms with Gasteiger partial charge < -0.3 is 30.6 Å². The van der Waals surface area contributed by atoms with Crippen LogP contribution < -0.4 is 0 Å². The first-order valence-electron chi connectivity index (χ1n) is 14.4. The van der Waals surface area contributed by atoms with Crippen molar-refractivity contribution in [1.82, 2.24) is 0 Å². The van der Waals surface area contributed by atoms with Crippen LogP contribution in [0.3, 0.4) is 0 Å². The normalized spacial score (nSPS) is 22.8. The van der Waals surface area contributed by atoms with Gasteiger partial charge in [-0.1, -0.05) is 13.8 Å². The van der Waals surface area contributed by atoms with E-state index in [2.05, 4.69) is 0 Å². The number of aliphatic hydroxyl groups is 3. The molecule has 4 atom stereocenters. The second kappa shape index (κ2) is 11.8. The number of ketones is 4. The van der Waals surface area contributed by atoms with Crippen LogP contribution in [0.4, 0.5) is 5.69 Å². The highest BCUT2D eigenvalue weighted by Gasteiger charge is 2.55. The van der Waals surface area contributed by atoms with Gasteiger partial charge in [0, 0.05) is 11.6 Å². The number of hydrogen-bond donors (Lipinski definition) is 6. The third-order valence-electron chi connectivity index (χ3n) is 8.79. The first-order valence-corrected chi connectivity index (χ1v) is 14.4. The smallest absolute Gasteiger partial charge is 0.281 e. The number of nitrogens with zero attached hydrogens (tertiary/aromatic N) is 2. The molecular formula is C32H26N2O14. The number of allylic oxidation sites excluding steroid dienone is 8. The highest BCUT2D eigenvalue weighted by molar-refractivity contribution is 6.21. The number of hydrogen-bond acceptors (Lipinski definition) is 14. The van der Waals surface area contributed by atoms with Crippen molar-refractivity contribution in [3.05, 3.63) is 113 Å². The first-order chi connectivity index (χ1) is 22.6. The topological polar surface area (TPSA) is 276 Å². The van der Waals surface area contributed by atoms with E-state index < -0.39 is 102 Å². The second-order valence-corrected chi connectivity index (χ2v) is 11.3. The Labute approximate surface area is 269 Å². The molecule has 48 heavy (non-hydrogen) atoms. The fourth-order valence-corrected chi connectivity index (χ4v) is 6.59. The summed E-state index contributed by atoms with van der Waals surface area (Å²) in [5.41, 5.74) is -2.74. The number of phenolic OH excluding ortho intramolecular Hbond substituents is 3. The average molecular weight is 663 g/mol. The van der Waals surface area contributed by atoms with Crippen LogP contribution in [0, 0.1) is 43.9 Å². The van der Waals surface area contributed by atoms with Gasteiger partial charge in [0.05, 0.1) is 38.4 Å². The van der Waals surface area contributed by atoms with E-state index in [-0.39, 0.29) is 34.6 Å². The van der Waals surface area contributed by atoms with Crippen LogP contribution in [0.25, 0.3) is 0 Å². The van der Waals surface area contributed by atoms with Crippen LogP contribution >= 0.6 is 0 Å². The van der Waals surface area contributed by atoms with Crippen LogP contribution in [-0.4, -0.2) is 63.6 Å². The van der Waals surface area contributed by atoms with Crippen LogP contribution in [0.2, 0.25) is 0 Å². The average Bonchev–Trinajstić information content (AvgIpc) is 3.03. The zero-order valence-electron chi connectivity index (χ0n) is 25.0. The van der Waals surface area contributed by atoms with Gasteiger partial charge in [-0.3, -0.25) is 39.4 Å². The maximum absolute atomic E-state index is 12.9. The van der Waals surface area contributed by atoms with Crippen molar-refractivity contribution in [1.29, 1.82) is 0 Å². The van der Waals surface area contributed by atoms with Crippen LogP contribution in [0.1, 0.15) is 68.1 Å². The molecule has 0 spiro atoms. The maximum Gasteiger partial charge on any atom is 0.281 e. The highest BCUT2D eigenvalue weighted by Crippen LogP contribution is 2.48. The van der Waals surface area contributed by atoms with Gasteiger partial charge in [-0.25, -0.2) is 0 Å². The number of fused-ring (bicyclic) bond motifs is 4. The van der Waals surface area contributed by atoms with Crippen molar-refractivity contribution in [2.75, 3.05) is 0 Å². The first kappa shape index (κ1) is 33.1. The van der Waals surface area contributed by atoms with Crippen LogP contribution in [-0.2, 0) is 0 Å². The molecule has 0 saturated heterocycles. The molecule has 0 bridgehead atoms. The predicted molar refractivity (Wildman–Crippen MR) is 161 cm³/mol. The number of nitro benzene ring substituents is 1. The summed E-state index contributed by atoms with van der Waals surface area (Å²) in [6.45, 7) is 3.32. The fourth-order valence-electron chi connectivity index (χ4n) is 6.59. The van der Waals surface area contributed by atoms with E-state index in [9.17, 15) is 70.0 Å². The van der Waals surface area contributed by atoms with Gasteiger partial charge in [-0.05, 0) is 48.8 Å². The molecule has 0 aromatic heterocycles. The molecule has 4 unspecified atom stereocenters. The van der Waals surface area contributed by atoms with Crippen LogP contribution in [0.5, 0.6) is 17.2 Å². The van der Waals surface area contributed by atoms with Gasteiger partial charge in [0.25, 0.3) is 11.4 Å². The van der Waals surface area contributed by atoms with Crippen molar-refractivity contribution in [2.45, 2.75) is 26.7 Å². The summed E-state index contributed by atoms with van der Waals surface area (Å²) in [5.74, 6) is -12.0. The lowest BCUT2D eigenvalue weighted by molar-refractivity contribution is -0.434. The van der Waals surface area contributed by atoms with Crippen molar-refractivity contribution in [3.63, 3.8) is 0 Å². The number of carbonyl (C=O) groups excluding carboxylic acids is 4.